The fourth-order valence-electron chi connectivity index (χ4n) is 3.05. The summed E-state index contributed by atoms with van der Waals surface area (Å²) < 4.78 is 17.7. The van der Waals surface area contributed by atoms with E-state index in [9.17, 15) is 0 Å². The minimum Gasteiger partial charge on any atom is -0.493 e. The molecule has 0 amide bonds. The Morgan fingerprint density at radius 3 is 2.66 bits per heavy atom. The third-order valence-electron chi connectivity index (χ3n) is 4.50. The molecule has 1 saturated heterocycles. The van der Waals surface area contributed by atoms with Crippen LogP contribution >= 0.6 is 11.6 Å². The van der Waals surface area contributed by atoms with Crippen molar-refractivity contribution in [2.24, 2.45) is 0 Å². The third kappa shape index (κ3) is 4.36. The lowest BCUT2D eigenvalue weighted by Gasteiger charge is -2.28. The number of halogens is 1. The number of aromatic nitrogens is 4. The van der Waals surface area contributed by atoms with E-state index in [4.69, 9.17) is 25.8 Å². The van der Waals surface area contributed by atoms with Crippen molar-refractivity contribution < 1.29 is 15.6 Å². The first-order valence-electron chi connectivity index (χ1n) is 9.07. The van der Waals surface area contributed by atoms with Crippen LogP contribution in [0.3, 0.4) is 0 Å². The quantitative estimate of drug-likeness (QED) is 0.611. The van der Waals surface area contributed by atoms with Crippen LogP contribution < -0.4 is 19.7 Å². The van der Waals surface area contributed by atoms with Gasteiger partial charge in [-0.25, -0.2) is 9.67 Å². The van der Waals surface area contributed by atoms with Crippen LogP contribution in [-0.4, -0.2) is 60.3 Å². The van der Waals surface area contributed by atoms with Crippen LogP contribution in [0.5, 0.6) is 11.5 Å². The van der Waals surface area contributed by atoms with E-state index in [1.54, 1.807) is 31.3 Å². The van der Waals surface area contributed by atoms with Gasteiger partial charge in [0.25, 0.3) is 0 Å². The first-order valence-corrected chi connectivity index (χ1v) is 9.45. The predicted molar refractivity (Wildman–Crippen MR) is 112 cm³/mol. The highest BCUT2D eigenvalue weighted by molar-refractivity contribution is 6.29. The first-order chi connectivity index (χ1) is 14.2. The zero-order valence-corrected chi connectivity index (χ0v) is 16.9. The van der Waals surface area contributed by atoms with E-state index in [0.717, 1.165) is 30.3 Å². The summed E-state index contributed by atoms with van der Waals surface area (Å²) in [5.74, 6) is 2.50. The van der Waals surface area contributed by atoms with Gasteiger partial charge in [0.15, 0.2) is 11.5 Å². The number of pyridine rings is 1. The number of hydrogen-bond donors (Lipinski definition) is 1. The molecule has 1 aromatic carbocycles. The zero-order chi connectivity index (χ0) is 20.2. The maximum atomic E-state index is 6.22. The molecular weight excluding hydrogens is 396 g/mol. The van der Waals surface area contributed by atoms with Crippen LogP contribution in [0.25, 0.3) is 5.69 Å². The summed E-state index contributed by atoms with van der Waals surface area (Å²) in [6.07, 6.45) is 1.62. The molecule has 1 fully saturated rings. The summed E-state index contributed by atoms with van der Waals surface area (Å²) in [5.41, 5.74) is 1.56. The van der Waals surface area contributed by atoms with Gasteiger partial charge in [0.05, 0.1) is 33.1 Å². The Morgan fingerprint density at radius 1 is 1.10 bits per heavy atom. The monoisotopic (exact) mass is 418 g/mol. The van der Waals surface area contributed by atoms with Crippen molar-refractivity contribution in [1.82, 2.24) is 19.7 Å². The standard InChI is InChI=1S/C19H21ClN6O3.H2/c1-27-15-4-3-14(11-16(15)28-2)26-12-21-19(24-26)22-13-9-17(20)23-18(10-13)25-5-7-29-8-6-25;/h3-4,9-12H,5-8H2,1-2H3,(H,22,23,24);1H. The van der Waals surface area contributed by atoms with Gasteiger partial charge in [0.2, 0.25) is 5.95 Å². The molecule has 10 heteroatoms. The number of nitrogens with zero attached hydrogens (tertiary/aromatic N) is 5. The average molecular weight is 419 g/mol. The Balaban J connectivity index is 0.00000256. The van der Waals surface area contributed by atoms with E-state index in [-0.39, 0.29) is 1.43 Å². The Bertz CT molecular complexity index is 996. The molecule has 3 heterocycles. The smallest absolute Gasteiger partial charge is 0.246 e. The van der Waals surface area contributed by atoms with Crippen LogP contribution in [0.15, 0.2) is 36.7 Å². The molecule has 0 aliphatic carbocycles. The van der Waals surface area contributed by atoms with Gasteiger partial charge in [-0.15, -0.1) is 5.10 Å². The predicted octanol–water partition coefficient (Wildman–Crippen LogP) is 3.16. The molecule has 2 aromatic heterocycles. The number of morpholine rings is 1. The molecule has 0 saturated carbocycles. The maximum Gasteiger partial charge on any atom is 0.246 e. The number of hydrogen-bond acceptors (Lipinski definition) is 8. The minimum absolute atomic E-state index is 0. The Hall–Kier alpha value is -3.04. The maximum absolute atomic E-state index is 6.22. The van der Waals surface area contributed by atoms with Gasteiger partial charge in [-0.05, 0) is 18.2 Å². The van der Waals surface area contributed by atoms with E-state index < -0.39 is 0 Å². The number of ether oxygens (including phenoxy) is 3. The molecule has 1 N–H and O–H groups in total. The highest BCUT2D eigenvalue weighted by atomic mass is 35.5. The van der Waals surface area contributed by atoms with E-state index >= 15 is 0 Å². The Kier molecular flexibility index (Phi) is 5.68. The molecule has 9 nitrogen and oxygen atoms in total. The van der Waals surface area contributed by atoms with Gasteiger partial charge in [-0.2, -0.15) is 4.98 Å². The molecule has 0 unspecified atom stereocenters. The van der Waals surface area contributed by atoms with Gasteiger partial charge in [0, 0.05) is 32.3 Å². The Morgan fingerprint density at radius 2 is 1.90 bits per heavy atom. The van der Waals surface area contributed by atoms with Crippen molar-refractivity contribution in [2.45, 2.75) is 0 Å². The van der Waals surface area contributed by atoms with E-state index in [1.807, 2.05) is 24.3 Å². The summed E-state index contributed by atoms with van der Waals surface area (Å²) >= 11 is 6.22. The summed E-state index contributed by atoms with van der Waals surface area (Å²) in [6.45, 7) is 2.90. The van der Waals surface area contributed by atoms with Crippen LogP contribution in [0.1, 0.15) is 1.43 Å². The van der Waals surface area contributed by atoms with Gasteiger partial charge >= 0.3 is 0 Å². The second kappa shape index (κ2) is 8.54. The number of benzene rings is 1. The van der Waals surface area contributed by atoms with Crippen molar-refractivity contribution in [3.8, 4) is 17.2 Å². The molecule has 0 radical (unpaired) electrons. The summed E-state index contributed by atoms with van der Waals surface area (Å²) in [5, 5.41) is 8.06. The van der Waals surface area contributed by atoms with Crippen LogP contribution in [0.4, 0.5) is 17.5 Å². The van der Waals surface area contributed by atoms with Crippen molar-refractivity contribution in [3.05, 3.63) is 41.8 Å². The minimum atomic E-state index is 0. The Labute approximate surface area is 174 Å². The third-order valence-corrected chi connectivity index (χ3v) is 4.69. The van der Waals surface area contributed by atoms with Crippen molar-refractivity contribution >= 4 is 29.1 Å². The SMILES string of the molecule is COc1ccc(-n2cnc(Nc3cc(Cl)nc(N4CCOCC4)c3)n2)cc1OC.[HH]. The lowest BCUT2D eigenvalue weighted by atomic mass is 10.3. The van der Waals surface area contributed by atoms with Gasteiger partial charge in [0.1, 0.15) is 17.3 Å². The van der Waals surface area contributed by atoms with Crippen LogP contribution in [-0.2, 0) is 4.74 Å². The fourth-order valence-corrected chi connectivity index (χ4v) is 3.26. The van der Waals surface area contributed by atoms with Gasteiger partial charge < -0.3 is 24.4 Å². The van der Waals surface area contributed by atoms with Gasteiger partial charge in [-0.3, -0.25) is 0 Å². The molecule has 154 valence electrons. The van der Waals surface area contributed by atoms with Crippen molar-refractivity contribution in [1.29, 1.82) is 0 Å². The molecule has 0 spiro atoms. The molecule has 29 heavy (non-hydrogen) atoms. The average Bonchev–Trinajstić information content (AvgIpc) is 3.22. The topological polar surface area (TPSA) is 86.6 Å². The molecule has 1 aliphatic heterocycles. The van der Waals surface area contributed by atoms with E-state index in [1.165, 1.54) is 0 Å². The summed E-state index contributed by atoms with van der Waals surface area (Å²) in [4.78, 5) is 10.9. The number of nitrogens with one attached hydrogen (secondary N) is 1. The van der Waals surface area contributed by atoms with Crippen LogP contribution in [0, 0.1) is 0 Å². The summed E-state index contributed by atoms with van der Waals surface area (Å²) in [6, 6.07) is 9.19. The number of rotatable bonds is 6. The molecule has 0 atom stereocenters. The molecule has 1 aliphatic rings. The van der Waals surface area contributed by atoms with E-state index in [0.29, 0.717) is 35.8 Å². The van der Waals surface area contributed by atoms with Gasteiger partial charge in [-0.1, -0.05) is 11.6 Å². The highest BCUT2D eigenvalue weighted by Gasteiger charge is 2.15. The normalized spacial score (nSPS) is 14.0. The van der Waals surface area contributed by atoms with Crippen molar-refractivity contribution in [3.63, 3.8) is 0 Å². The van der Waals surface area contributed by atoms with E-state index in [2.05, 4.69) is 25.3 Å². The fraction of sp³-hybridized carbons (Fsp3) is 0.316. The lowest BCUT2D eigenvalue weighted by Crippen LogP contribution is -2.36. The number of anilines is 3. The molecular formula is C19H23ClN6O3. The second-order valence-electron chi connectivity index (χ2n) is 6.31. The zero-order valence-electron chi connectivity index (χ0n) is 16.1. The molecule has 3 aromatic rings. The molecule has 0 bridgehead atoms. The highest BCUT2D eigenvalue weighted by Crippen LogP contribution is 2.29. The van der Waals surface area contributed by atoms with Crippen LogP contribution in [0.2, 0.25) is 5.15 Å². The molecule has 4 rings (SSSR count). The lowest BCUT2D eigenvalue weighted by molar-refractivity contribution is 0.122. The van der Waals surface area contributed by atoms with Crippen molar-refractivity contribution in [2.75, 3.05) is 50.7 Å². The first kappa shape index (κ1) is 19.3. The number of methoxy groups -OCH3 is 2. The second-order valence-corrected chi connectivity index (χ2v) is 6.70. The largest absolute Gasteiger partial charge is 0.493 e. The summed E-state index contributed by atoms with van der Waals surface area (Å²) in [7, 11) is 3.19.